The molecular weight excluding hydrogens is 536 g/mol. The van der Waals surface area contributed by atoms with Crippen LogP contribution in [-0.4, -0.2) is 87.3 Å². The highest BCUT2D eigenvalue weighted by atomic mass is 16.6. The van der Waals surface area contributed by atoms with E-state index in [9.17, 15) is 14.4 Å². The summed E-state index contributed by atoms with van der Waals surface area (Å²) in [4.78, 5) is 46.3. The second-order valence-corrected chi connectivity index (χ2v) is 12.1. The SMILES string of the molecule is COc1ccc(CN2C(=O)CCN(c3c(C)nn4ccc(CN5CCN(C(=O)OC(C)(C)C)[C@@H](C)C5)cc34)C2=O)cc1. The number of carbonyl (C=O) groups is 3. The number of anilines is 1. The second-order valence-electron chi connectivity index (χ2n) is 12.1. The number of urea groups is 1. The largest absolute Gasteiger partial charge is 0.497 e. The minimum atomic E-state index is -0.528. The summed E-state index contributed by atoms with van der Waals surface area (Å²) in [5.74, 6) is 0.523. The van der Waals surface area contributed by atoms with Gasteiger partial charge in [0, 0.05) is 51.4 Å². The number of imide groups is 1. The minimum absolute atomic E-state index is 0.0188. The molecule has 0 bridgehead atoms. The molecule has 0 radical (unpaired) electrons. The van der Waals surface area contributed by atoms with E-state index in [4.69, 9.17) is 9.47 Å². The Bertz CT molecular complexity index is 1480. The number of methoxy groups -OCH3 is 1. The van der Waals surface area contributed by atoms with Gasteiger partial charge in [-0.3, -0.25) is 19.5 Å². The predicted molar refractivity (Wildman–Crippen MR) is 159 cm³/mol. The third-order valence-corrected chi connectivity index (χ3v) is 7.67. The van der Waals surface area contributed by atoms with E-state index in [0.717, 1.165) is 41.1 Å². The van der Waals surface area contributed by atoms with Crippen molar-refractivity contribution in [1.82, 2.24) is 24.3 Å². The zero-order valence-corrected chi connectivity index (χ0v) is 25.3. The van der Waals surface area contributed by atoms with Crippen LogP contribution in [0.5, 0.6) is 5.75 Å². The first-order valence-electron chi connectivity index (χ1n) is 14.4. The van der Waals surface area contributed by atoms with Crippen molar-refractivity contribution in [1.29, 1.82) is 0 Å². The molecule has 0 spiro atoms. The van der Waals surface area contributed by atoms with Gasteiger partial charge in [0.15, 0.2) is 0 Å². The average molecular weight is 577 g/mol. The maximum Gasteiger partial charge on any atom is 0.410 e. The molecular formula is C31H40N6O5. The number of carbonyl (C=O) groups excluding carboxylic acids is 3. The molecule has 2 aliphatic heterocycles. The Hall–Kier alpha value is -4.12. The number of nitrogens with zero attached hydrogens (tertiary/aromatic N) is 6. The van der Waals surface area contributed by atoms with E-state index < -0.39 is 5.60 Å². The Balaban J connectivity index is 1.32. The van der Waals surface area contributed by atoms with Crippen LogP contribution in [0.15, 0.2) is 42.6 Å². The van der Waals surface area contributed by atoms with Gasteiger partial charge in [-0.25, -0.2) is 14.1 Å². The maximum atomic E-state index is 13.7. The molecule has 11 heteroatoms. The van der Waals surface area contributed by atoms with Crippen LogP contribution in [-0.2, 0) is 22.6 Å². The quantitative estimate of drug-likeness (QED) is 0.427. The van der Waals surface area contributed by atoms with Crippen molar-refractivity contribution in [2.24, 2.45) is 0 Å². The summed E-state index contributed by atoms with van der Waals surface area (Å²) in [6, 6.07) is 11.1. The van der Waals surface area contributed by atoms with Crippen molar-refractivity contribution in [3.05, 3.63) is 59.4 Å². The molecule has 2 aliphatic rings. The molecule has 224 valence electrons. The van der Waals surface area contributed by atoms with Gasteiger partial charge in [0.1, 0.15) is 11.4 Å². The van der Waals surface area contributed by atoms with E-state index in [1.807, 2.05) is 71.1 Å². The molecule has 11 nitrogen and oxygen atoms in total. The smallest absolute Gasteiger partial charge is 0.410 e. The highest BCUT2D eigenvalue weighted by Gasteiger charge is 2.35. The van der Waals surface area contributed by atoms with Gasteiger partial charge in [0.25, 0.3) is 0 Å². The van der Waals surface area contributed by atoms with Gasteiger partial charge in [0.05, 0.1) is 30.6 Å². The Kier molecular flexibility index (Phi) is 8.14. The normalized spacial score (nSPS) is 18.6. The first kappa shape index (κ1) is 29.4. The van der Waals surface area contributed by atoms with Crippen LogP contribution in [0.3, 0.4) is 0 Å². The summed E-state index contributed by atoms with van der Waals surface area (Å²) in [7, 11) is 1.60. The van der Waals surface area contributed by atoms with E-state index in [2.05, 4.69) is 16.1 Å². The number of aromatic nitrogens is 2. The standard InChI is InChI=1S/C31H40N6O5/c1-21-18-33(15-16-34(21)30(40)42-31(3,4)5)19-24-11-14-37-26(17-24)28(22(2)32-37)35-13-12-27(38)36(29(35)39)20-23-7-9-25(41-6)10-8-23/h7-11,14,17,21H,12-13,15-16,18-20H2,1-6H3/t21-/m0/s1. The summed E-state index contributed by atoms with van der Waals surface area (Å²) in [6.07, 6.45) is 1.87. The summed E-state index contributed by atoms with van der Waals surface area (Å²) >= 11 is 0. The Morgan fingerprint density at radius 3 is 2.43 bits per heavy atom. The average Bonchev–Trinajstić information content (AvgIpc) is 3.25. The molecule has 1 aromatic carbocycles. The summed E-state index contributed by atoms with van der Waals surface area (Å²) in [5.41, 5.74) is 3.66. The second kappa shape index (κ2) is 11.6. The molecule has 0 N–H and O–H groups in total. The molecule has 4 heterocycles. The fourth-order valence-corrected chi connectivity index (χ4v) is 5.62. The van der Waals surface area contributed by atoms with E-state index >= 15 is 0 Å². The zero-order chi connectivity index (χ0) is 30.2. The van der Waals surface area contributed by atoms with Gasteiger partial charge in [-0.2, -0.15) is 5.10 Å². The lowest BCUT2D eigenvalue weighted by molar-refractivity contribution is -0.129. The summed E-state index contributed by atoms with van der Waals surface area (Å²) in [6.45, 7) is 12.8. The number of pyridine rings is 1. The minimum Gasteiger partial charge on any atom is -0.497 e. The number of fused-ring (bicyclic) bond motifs is 1. The molecule has 42 heavy (non-hydrogen) atoms. The first-order valence-corrected chi connectivity index (χ1v) is 14.4. The predicted octanol–water partition coefficient (Wildman–Crippen LogP) is 4.45. The van der Waals surface area contributed by atoms with E-state index in [-0.39, 0.29) is 37.0 Å². The number of hydrogen-bond donors (Lipinski definition) is 0. The lowest BCUT2D eigenvalue weighted by Gasteiger charge is -2.40. The van der Waals surface area contributed by atoms with Crippen molar-refractivity contribution < 1.29 is 23.9 Å². The topological polar surface area (TPSA) is 99.9 Å². The molecule has 2 fully saturated rings. The first-order chi connectivity index (χ1) is 19.9. The van der Waals surface area contributed by atoms with Gasteiger partial charge in [0.2, 0.25) is 5.91 Å². The van der Waals surface area contributed by atoms with Crippen LogP contribution in [0, 0.1) is 6.92 Å². The van der Waals surface area contributed by atoms with Crippen LogP contribution < -0.4 is 9.64 Å². The monoisotopic (exact) mass is 576 g/mol. The number of ether oxygens (including phenoxy) is 2. The number of aryl methyl sites for hydroxylation is 1. The van der Waals surface area contributed by atoms with Gasteiger partial charge >= 0.3 is 12.1 Å². The lowest BCUT2D eigenvalue weighted by atomic mass is 10.1. The number of hydrogen-bond acceptors (Lipinski definition) is 7. The van der Waals surface area contributed by atoms with Crippen molar-refractivity contribution in [3.63, 3.8) is 0 Å². The lowest BCUT2D eigenvalue weighted by Crippen LogP contribution is -2.54. The summed E-state index contributed by atoms with van der Waals surface area (Å²) in [5, 5.41) is 4.66. The molecule has 5 rings (SSSR count). The zero-order valence-electron chi connectivity index (χ0n) is 25.3. The van der Waals surface area contributed by atoms with Crippen LogP contribution in [0.25, 0.3) is 5.52 Å². The summed E-state index contributed by atoms with van der Waals surface area (Å²) < 4.78 is 12.6. The van der Waals surface area contributed by atoms with Gasteiger partial charge in [-0.15, -0.1) is 0 Å². The van der Waals surface area contributed by atoms with Gasteiger partial charge in [-0.05, 0) is 70.0 Å². The fourth-order valence-electron chi connectivity index (χ4n) is 5.62. The number of benzene rings is 1. The molecule has 4 amide bonds. The van der Waals surface area contributed by atoms with E-state index in [0.29, 0.717) is 25.4 Å². The van der Waals surface area contributed by atoms with E-state index in [1.54, 1.807) is 21.4 Å². The van der Waals surface area contributed by atoms with Crippen molar-refractivity contribution >= 4 is 29.2 Å². The molecule has 0 aliphatic carbocycles. The Morgan fingerprint density at radius 1 is 1.02 bits per heavy atom. The van der Waals surface area contributed by atoms with Crippen molar-refractivity contribution in [2.45, 2.75) is 65.8 Å². The van der Waals surface area contributed by atoms with Crippen LogP contribution in [0.4, 0.5) is 15.3 Å². The van der Waals surface area contributed by atoms with Gasteiger partial charge in [-0.1, -0.05) is 12.1 Å². The van der Waals surface area contributed by atoms with Crippen LogP contribution >= 0.6 is 0 Å². The Labute approximate surface area is 246 Å². The Morgan fingerprint density at radius 2 is 1.76 bits per heavy atom. The van der Waals surface area contributed by atoms with E-state index in [1.165, 1.54) is 4.90 Å². The number of rotatable bonds is 6. The molecule has 2 aromatic heterocycles. The fraction of sp³-hybridized carbons (Fsp3) is 0.484. The van der Waals surface area contributed by atoms with Gasteiger partial charge < -0.3 is 14.4 Å². The molecule has 1 atom stereocenters. The van der Waals surface area contributed by atoms with Crippen LogP contribution in [0.2, 0.25) is 0 Å². The maximum absolute atomic E-state index is 13.7. The third kappa shape index (κ3) is 6.20. The number of piperazine rings is 1. The highest BCUT2D eigenvalue weighted by molar-refractivity contribution is 6.07. The third-order valence-electron chi connectivity index (χ3n) is 7.67. The highest BCUT2D eigenvalue weighted by Crippen LogP contribution is 2.31. The van der Waals surface area contributed by atoms with Crippen molar-refractivity contribution in [2.75, 3.05) is 38.2 Å². The molecule has 0 unspecified atom stereocenters. The molecule has 0 saturated carbocycles. The molecule has 2 saturated heterocycles. The van der Waals surface area contributed by atoms with Crippen LogP contribution in [0.1, 0.15) is 50.9 Å². The molecule has 3 aromatic rings. The van der Waals surface area contributed by atoms with Crippen molar-refractivity contribution in [3.8, 4) is 5.75 Å². The number of amides is 4.